The van der Waals surface area contributed by atoms with Crippen molar-refractivity contribution in [2.24, 2.45) is 0 Å². The minimum atomic E-state index is -0.251. The number of nitrogens with two attached hydrogens (primary N) is 1. The zero-order chi connectivity index (χ0) is 15.9. The zero-order valence-electron chi connectivity index (χ0n) is 12.1. The molecule has 22 heavy (non-hydrogen) atoms. The number of nitrogens with one attached hydrogen (secondary N) is 1. The minimum absolute atomic E-state index is 0.109. The number of aliphatic hydroxyl groups is 1. The number of rotatable bonds is 3. The second kappa shape index (κ2) is 5.27. The molecule has 2 aromatic carbocycles. The average molecular weight is 296 g/mol. The maximum Gasteiger partial charge on any atom is 0.196 e. The molecule has 1 aliphatic carbocycles. The van der Waals surface area contributed by atoms with E-state index in [9.17, 15) is 14.7 Å². The number of fused-ring (bicyclic) bond motifs is 2. The van der Waals surface area contributed by atoms with Gasteiger partial charge in [-0.1, -0.05) is 24.3 Å². The Hall–Kier alpha value is -2.66. The van der Waals surface area contributed by atoms with Gasteiger partial charge in [0.25, 0.3) is 0 Å². The average Bonchev–Trinajstić information content (AvgIpc) is 2.54. The summed E-state index contributed by atoms with van der Waals surface area (Å²) in [6.45, 7) is -0.109. The largest absolute Gasteiger partial charge is 0.396 e. The number of aliphatic hydroxyl groups excluding tert-OH is 1. The van der Waals surface area contributed by atoms with E-state index in [1.54, 1.807) is 37.4 Å². The number of carbonyl (C=O) groups excluding carboxylic acids is 2. The molecule has 3 rings (SSSR count). The molecule has 0 saturated carbocycles. The first-order valence-electron chi connectivity index (χ1n) is 7.02. The van der Waals surface area contributed by atoms with Crippen molar-refractivity contribution >= 4 is 22.9 Å². The van der Waals surface area contributed by atoms with Crippen LogP contribution in [0.3, 0.4) is 0 Å². The number of carbonyl (C=O) groups is 2. The van der Waals surface area contributed by atoms with Crippen molar-refractivity contribution in [3.8, 4) is 0 Å². The molecule has 0 aromatic heterocycles. The van der Waals surface area contributed by atoms with Gasteiger partial charge in [-0.2, -0.15) is 0 Å². The van der Waals surface area contributed by atoms with Gasteiger partial charge in [-0.25, -0.2) is 0 Å². The van der Waals surface area contributed by atoms with Gasteiger partial charge >= 0.3 is 0 Å². The quantitative estimate of drug-likeness (QED) is 0.639. The molecule has 0 saturated heterocycles. The molecule has 5 nitrogen and oxygen atoms in total. The first-order chi connectivity index (χ1) is 10.6. The lowest BCUT2D eigenvalue weighted by atomic mass is 9.80. The summed E-state index contributed by atoms with van der Waals surface area (Å²) < 4.78 is 0. The van der Waals surface area contributed by atoms with Crippen molar-refractivity contribution in [3.63, 3.8) is 0 Å². The predicted octanol–water partition coefficient (Wildman–Crippen LogP) is 1.62. The van der Waals surface area contributed by atoms with Crippen LogP contribution in [0.15, 0.2) is 30.3 Å². The predicted molar refractivity (Wildman–Crippen MR) is 84.5 cm³/mol. The highest BCUT2D eigenvalue weighted by atomic mass is 16.3. The van der Waals surface area contributed by atoms with E-state index in [-0.39, 0.29) is 29.4 Å². The van der Waals surface area contributed by atoms with Gasteiger partial charge in [-0.15, -0.1) is 0 Å². The first kappa shape index (κ1) is 14.3. The number of nitrogen functional groups attached to an aromatic ring is 1. The molecule has 0 heterocycles. The molecule has 1 aliphatic rings. The van der Waals surface area contributed by atoms with Gasteiger partial charge in [0.1, 0.15) is 0 Å². The van der Waals surface area contributed by atoms with Crippen molar-refractivity contribution < 1.29 is 14.7 Å². The third kappa shape index (κ3) is 1.90. The molecule has 0 atom stereocenters. The number of anilines is 2. The number of benzene rings is 2. The number of ketones is 2. The molecule has 0 fully saturated rings. The number of hydrogen-bond donors (Lipinski definition) is 3. The van der Waals surface area contributed by atoms with Gasteiger partial charge in [0, 0.05) is 30.3 Å². The van der Waals surface area contributed by atoms with E-state index in [2.05, 4.69) is 5.32 Å². The summed E-state index contributed by atoms with van der Waals surface area (Å²) in [6.07, 6.45) is 0.290. The fraction of sp³-hybridized carbons (Fsp3) is 0.176. The van der Waals surface area contributed by atoms with Gasteiger partial charge in [-0.05, 0) is 18.1 Å². The molecule has 0 amide bonds. The molecule has 4 N–H and O–H groups in total. The summed E-state index contributed by atoms with van der Waals surface area (Å²) in [6, 6.07) is 8.45. The lowest BCUT2D eigenvalue weighted by Gasteiger charge is -2.23. The van der Waals surface area contributed by atoms with Crippen LogP contribution in [-0.4, -0.2) is 30.3 Å². The highest BCUT2D eigenvalue weighted by Crippen LogP contribution is 2.37. The lowest BCUT2D eigenvalue weighted by Crippen LogP contribution is -2.25. The van der Waals surface area contributed by atoms with Crippen LogP contribution in [0.4, 0.5) is 11.4 Å². The van der Waals surface area contributed by atoms with Crippen molar-refractivity contribution in [2.45, 2.75) is 6.42 Å². The Morgan fingerprint density at radius 2 is 1.68 bits per heavy atom. The zero-order valence-corrected chi connectivity index (χ0v) is 12.1. The van der Waals surface area contributed by atoms with Gasteiger partial charge in [0.2, 0.25) is 0 Å². The summed E-state index contributed by atoms with van der Waals surface area (Å²) in [4.78, 5) is 25.6. The summed E-state index contributed by atoms with van der Waals surface area (Å²) in [5.41, 5.74) is 8.88. The van der Waals surface area contributed by atoms with Gasteiger partial charge in [0.05, 0.1) is 16.9 Å². The van der Waals surface area contributed by atoms with E-state index in [1.807, 2.05) is 0 Å². The molecular weight excluding hydrogens is 280 g/mol. The standard InChI is InChI=1S/C17H16N2O3/c1-19-12-8-9(6-7-20)13-14(15(12)18)17(22)11-5-3-2-4-10(11)16(13)21/h2-5,8,19-20H,6-7,18H2,1H3. The maximum atomic E-state index is 12.8. The third-order valence-electron chi connectivity index (χ3n) is 3.97. The van der Waals surface area contributed by atoms with Crippen molar-refractivity contribution in [3.05, 3.63) is 58.1 Å². The van der Waals surface area contributed by atoms with Crippen LogP contribution in [0.5, 0.6) is 0 Å². The van der Waals surface area contributed by atoms with E-state index in [0.717, 1.165) is 0 Å². The molecular formula is C17H16N2O3. The monoisotopic (exact) mass is 296 g/mol. The van der Waals surface area contributed by atoms with Crippen LogP contribution >= 0.6 is 0 Å². The molecule has 0 spiro atoms. The Labute approximate surface area is 127 Å². The Bertz CT molecular complexity index is 797. The van der Waals surface area contributed by atoms with E-state index in [0.29, 0.717) is 34.4 Å². The van der Waals surface area contributed by atoms with Crippen LogP contribution in [-0.2, 0) is 6.42 Å². The SMILES string of the molecule is CNc1cc(CCO)c2c(c1N)C(=O)c1ccccc1C2=O. The second-order valence-electron chi connectivity index (χ2n) is 5.17. The van der Waals surface area contributed by atoms with Crippen molar-refractivity contribution in [1.82, 2.24) is 0 Å². The first-order valence-corrected chi connectivity index (χ1v) is 7.02. The Balaban J connectivity index is 2.35. The van der Waals surface area contributed by atoms with Gasteiger partial charge in [0.15, 0.2) is 11.6 Å². The molecule has 0 unspecified atom stereocenters. The highest BCUT2D eigenvalue weighted by Gasteiger charge is 2.34. The number of hydrogen-bond acceptors (Lipinski definition) is 5. The maximum absolute atomic E-state index is 12.8. The van der Waals surface area contributed by atoms with Gasteiger partial charge in [-0.3, -0.25) is 9.59 Å². The molecule has 0 radical (unpaired) electrons. The van der Waals surface area contributed by atoms with Crippen LogP contribution in [0.2, 0.25) is 0 Å². The van der Waals surface area contributed by atoms with Crippen molar-refractivity contribution in [1.29, 1.82) is 0 Å². The van der Waals surface area contributed by atoms with E-state index < -0.39 is 0 Å². The third-order valence-corrected chi connectivity index (χ3v) is 3.97. The van der Waals surface area contributed by atoms with E-state index in [4.69, 9.17) is 5.73 Å². The summed E-state index contributed by atoms with van der Waals surface area (Å²) in [5, 5.41) is 12.2. The molecule has 112 valence electrons. The topological polar surface area (TPSA) is 92.4 Å². The van der Waals surface area contributed by atoms with Crippen LogP contribution in [0.25, 0.3) is 0 Å². The molecule has 5 heteroatoms. The van der Waals surface area contributed by atoms with Crippen LogP contribution in [0, 0.1) is 0 Å². The molecule has 0 aliphatic heterocycles. The van der Waals surface area contributed by atoms with Crippen LogP contribution in [0.1, 0.15) is 37.4 Å². The molecule has 2 aromatic rings. The fourth-order valence-electron chi connectivity index (χ4n) is 2.92. The smallest absolute Gasteiger partial charge is 0.196 e. The van der Waals surface area contributed by atoms with E-state index in [1.165, 1.54) is 0 Å². The van der Waals surface area contributed by atoms with Gasteiger partial charge < -0.3 is 16.2 Å². The normalized spacial score (nSPS) is 12.8. The second-order valence-corrected chi connectivity index (χ2v) is 5.17. The molecule has 0 bridgehead atoms. The summed E-state index contributed by atoms with van der Waals surface area (Å²) in [7, 11) is 1.70. The highest BCUT2D eigenvalue weighted by molar-refractivity contribution is 6.31. The summed E-state index contributed by atoms with van der Waals surface area (Å²) >= 11 is 0. The Kier molecular flexibility index (Phi) is 3.42. The minimum Gasteiger partial charge on any atom is -0.396 e. The lowest BCUT2D eigenvalue weighted by molar-refractivity contribution is 0.0978. The van der Waals surface area contributed by atoms with E-state index >= 15 is 0 Å². The Morgan fingerprint density at radius 3 is 2.23 bits per heavy atom. The fourth-order valence-corrected chi connectivity index (χ4v) is 2.92. The van der Waals surface area contributed by atoms with Crippen LogP contribution < -0.4 is 11.1 Å². The van der Waals surface area contributed by atoms with Crippen molar-refractivity contribution in [2.75, 3.05) is 24.7 Å². The summed E-state index contributed by atoms with van der Waals surface area (Å²) in [5.74, 6) is -0.470. The Morgan fingerprint density at radius 1 is 1.09 bits per heavy atom.